The first-order valence-electron chi connectivity index (χ1n) is 9.59. The minimum Gasteiger partial charge on any atom is -0.455 e. The van der Waals surface area contributed by atoms with Gasteiger partial charge in [0.15, 0.2) is 6.61 Å². The van der Waals surface area contributed by atoms with Gasteiger partial charge in [-0.25, -0.2) is 0 Å². The van der Waals surface area contributed by atoms with Crippen LogP contribution in [0.5, 0.6) is 0 Å². The molecule has 4 fully saturated rings. The van der Waals surface area contributed by atoms with E-state index < -0.39 is 17.4 Å². The van der Waals surface area contributed by atoms with Crippen LogP contribution < -0.4 is 5.32 Å². The largest absolute Gasteiger partial charge is 0.455 e. The quantitative estimate of drug-likeness (QED) is 0.474. The average molecular weight is 383 g/mol. The van der Waals surface area contributed by atoms with Crippen molar-refractivity contribution in [3.05, 3.63) is 33.9 Å². The van der Waals surface area contributed by atoms with Crippen molar-refractivity contribution in [1.29, 1.82) is 5.26 Å². The Hall–Kier alpha value is -2.95. The molecule has 0 unspecified atom stereocenters. The number of hydrogen-bond acceptors (Lipinski definition) is 6. The standard InChI is InChI=1S/C20H21N3O5/c21-9-15-8-16(23(26)27)1-2-17(15)22-18(24)10-28-20(25)19-13-4-11-3-12(6-13)7-14(19)5-11/h1-2,8,11-14,19H,3-7,10H2,(H,22,24). The highest BCUT2D eigenvalue weighted by Crippen LogP contribution is 2.56. The first-order chi connectivity index (χ1) is 13.4. The third kappa shape index (κ3) is 3.44. The van der Waals surface area contributed by atoms with E-state index in [0.717, 1.165) is 43.6 Å². The van der Waals surface area contributed by atoms with Crippen LogP contribution in [0.3, 0.4) is 0 Å². The maximum Gasteiger partial charge on any atom is 0.310 e. The molecule has 8 nitrogen and oxygen atoms in total. The van der Waals surface area contributed by atoms with Crippen LogP contribution >= 0.6 is 0 Å². The van der Waals surface area contributed by atoms with Gasteiger partial charge in [0.05, 0.1) is 22.1 Å². The highest BCUT2D eigenvalue weighted by molar-refractivity contribution is 5.94. The van der Waals surface area contributed by atoms with E-state index in [9.17, 15) is 19.7 Å². The number of ether oxygens (including phenoxy) is 1. The summed E-state index contributed by atoms with van der Waals surface area (Å²) < 4.78 is 5.30. The number of nitriles is 1. The number of esters is 1. The Morgan fingerprint density at radius 3 is 2.39 bits per heavy atom. The van der Waals surface area contributed by atoms with Crippen molar-refractivity contribution in [2.45, 2.75) is 32.1 Å². The number of carbonyl (C=O) groups excluding carboxylic acids is 2. The lowest BCUT2D eigenvalue weighted by atomic mass is 9.52. The molecule has 4 aliphatic rings. The zero-order valence-electron chi connectivity index (χ0n) is 15.3. The molecule has 146 valence electrons. The van der Waals surface area contributed by atoms with Crippen molar-refractivity contribution in [3.8, 4) is 6.07 Å². The van der Waals surface area contributed by atoms with Crippen molar-refractivity contribution in [1.82, 2.24) is 0 Å². The summed E-state index contributed by atoms with van der Waals surface area (Å²) >= 11 is 0. The van der Waals surface area contributed by atoms with E-state index in [1.807, 2.05) is 6.07 Å². The van der Waals surface area contributed by atoms with Gasteiger partial charge in [0.2, 0.25) is 0 Å². The highest BCUT2D eigenvalue weighted by atomic mass is 16.6. The zero-order chi connectivity index (χ0) is 19.8. The summed E-state index contributed by atoms with van der Waals surface area (Å²) in [6.45, 7) is -0.427. The van der Waals surface area contributed by atoms with Gasteiger partial charge in [-0.15, -0.1) is 0 Å². The predicted molar refractivity (Wildman–Crippen MR) is 97.9 cm³/mol. The Bertz CT molecular complexity index is 847. The van der Waals surface area contributed by atoms with Gasteiger partial charge in [0.1, 0.15) is 6.07 Å². The summed E-state index contributed by atoms with van der Waals surface area (Å²) in [5.74, 6) is 1.30. The Morgan fingerprint density at radius 2 is 1.82 bits per heavy atom. The molecule has 28 heavy (non-hydrogen) atoms. The van der Waals surface area contributed by atoms with E-state index in [4.69, 9.17) is 10.00 Å². The first kappa shape index (κ1) is 18.4. The van der Waals surface area contributed by atoms with Crippen molar-refractivity contribution >= 4 is 23.3 Å². The average Bonchev–Trinajstić information content (AvgIpc) is 2.65. The summed E-state index contributed by atoms with van der Waals surface area (Å²) in [5, 5.41) is 22.4. The Morgan fingerprint density at radius 1 is 1.18 bits per heavy atom. The summed E-state index contributed by atoms with van der Waals surface area (Å²) in [6.07, 6.45) is 5.66. The van der Waals surface area contributed by atoms with Crippen LogP contribution in [0.4, 0.5) is 11.4 Å². The van der Waals surface area contributed by atoms with Gasteiger partial charge in [-0.3, -0.25) is 19.7 Å². The van der Waals surface area contributed by atoms with Crippen LogP contribution in [-0.4, -0.2) is 23.4 Å². The lowest BCUT2D eigenvalue weighted by molar-refractivity contribution is -0.384. The van der Waals surface area contributed by atoms with Gasteiger partial charge in [-0.2, -0.15) is 5.26 Å². The normalized spacial score (nSPS) is 29.8. The molecule has 0 spiro atoms. The van der Waals surface area contributed by atoms with Gasteiger partial charge in [-0.1, -0.05) is 0 Å². The third-order valence-electron chi connectivity index (χ3n) is 6.45. The fraction of sp³-hybridized carbons (Fsp3) is 0.550. The van der Waals surface area contributed by atoms with E-state index in [-0.39, 0.29) is 28.8 Å². The smallest absolute Gasteiger partial charge is 0.310 e. The number of nitro benzene ring substituents is 1. The van der Waals surface area contributed by atoms with Crippen LogP contribution in [0.25, 0.3) is 0 Å². The lowest BCUT2D eigenvalue weighted by Gasteiger charge is -2.53. The van der Waals surface area contributed by atoms with Crippen LogP contribution in [0.1, 0.15) is 37.7 Å². The van der Waals surface area contributed by atoms with E-state index in [2.05, 4.69) is 5.32 Å². The second-order valence-electron chi connectivity index (χ2n) is 8.21. The van der Waals surface area contributed by atoms with Crippen LogP contribution in [0.15, 0.2) is 18.2 Å². The number of carbonyl (C=O) groups is 2. The van der Waals surface area contributed by atoms with Crippen molar-refractivity contribution in [2.24, 2.45) is 29.6 Å². The summed E-state index contributed by atoms with van der Waals surface area (Å²) in [5.41, 5.74) is -0.0958. The minimum atomic E-state index is -0.612. The van der Waals surface area contributed by atoms with E-state index in [1.165, 1.54) is 18.6 Å². The molecule has 0 saturated heterocycles. The van der Waals surface area contributed by atoms with Crippen LogP contribution in [-0.2, 0) is 14.3 Å². The number of nitrogens with zero attached hydrogens (tertiary/aromatic N) is 2. The fourth-order valence-electron chi connectivity index (χ4n) is 5.58. The molecule has 0 aromatic heterocycles. The molecule has 4 aliphatic carbocycles. The maximum atomic E-state index is 12.6. The van der Waals surface area contributed by atoms with Gasteiger partial charge in [-0.05, 0) is 61.8 Å². The van der Waals surface area contributed by atoms with Gasteiger partial charge in [0, 0.05) is 12.1 Å². The van der Waals surface area contributed by atoms with Gasteiger partial charge >= 0.3 is 5.97 Å². The molecule has 4 bridgehead atoms. The molecule has 0 radical (unpaired) electrons. The molecular formula is C20H21N3O5. The third-order valence-corrected chi connectivity index (χ3v) is 6.45. The molecule has 5 rings (SSSR count). The van der Waals surface area contributed by atoms with Crippen molar-refractivity contribution in [2.75, 3.05) is 11.9 Å². The second kappa shape index (κ2) is 7.23. The molecule has 1 aromatic rings. The molecule has 0 atom stereocenters. The molecule has 1 amide bonds. The molecule has 0 heterocycles. The number of amides is 1. The lowest BCUT2D eigenvalue weighted by Crippen LogP contribution is -2.48. The number of nitro groups is 1. The number of nitrogens with one attached hydrogen (secondary N) is 1. The Balaban J connectivity index is 1.34. The molecule has 4 saturated carbocycles. The molecule has 1 aromatic carbocycles. The van der Waals surface area contributed by atoms with Crippen LogP contribution in [0, 0.1) is 51.0 Å². The number of rotatable bonds is 5. The summed E-state index contributed by atoms with van der Waals surface area (Å²) in [4.78, 5) is 34.9. The number of anilines is 1. The van der Waals surface area contributed by atoms with Crippen LogP contribution in [0.2, 0.25) is 0 Å². The van der Waals surface area contributed by atoms with Crippen molar-refractivity contribution < 1.29 is 19.2 Å². The van der Waals surface area contributed by atoms with Crippen molar-refractivity contribution in [3.63, 3.8) is 0 Å². The van der Waals surface area contributed by atoms with Gasteiger partial charge < -0.3 is 10.1 Å². The SMILES string of the molecule is N#Cc1cc([N+](=O)[O-])ccc1NC(=O)COC(=O)C1C2CC3CC(C2)CC1C3. The molecule has 8 heteroatoms. The minimum absolute atomic E-state index is 0.0186. The molecule has 0 aliphatic heterocycles. The second-order valence-corrected chi connectivity index (χ2v) is 8.21. The summed E-state index contributed by atoms with van der Waals surface area (Å²) in [7, 11) is 0. The van der Waals surface area contributed by atoms with E-state index >= 15 is 0 Å². The Kier molecular flexibility index (Phi) is 4.75. The Labute approximate surface area is 162 Å². The number of non-ortho nitro benzene ring substituents is 1. The molecule has 1 N–H and O–H groups in total. The molecular weight excluding hydrogens is 362 g/mol. The predicted octanol–water partition coefficient (Wildman–Crippen LogP) is 3.02. The highest BCUT2D eigenvalue weighted by Gasteiger charge is 2.51. The van der Waals surface area contributed by atoms with Gasteiger partial charge in [0.25, 0.3) is 11.6 Å². The number of hydrogen-bond donors (Lipinski definition) is 1. The first-order valence-corrected chi connectivity index (χ1v) is 9.59. The zero-order valence-corrected chi connectivity index (χ0v) is 15.3. The number of benzene rings is 1. The van der Waals surface area contributed by atoms with E-state index in [0.29, 0.717) is 11.8 Å². The topological polar surface area (TPSA) is 122 Å². The monoisotopic (exact) mass is 383 g/mol. The maximum absolute atomic E-state index is 12.6. The van der Waals surface area contributed by atoms with E-state index in [1.54, 1.807) is 0 Å². The fourth-order valence-corrected chi connectivity index (χ4v) is 5.58. The summed E-state index contributed by atoms with van der Waals surface area (Å²) in [6, 6.07) is 5.42.